The summed E-state index contributed by atoms with van der Waals surface area (Å²) in [6.45, 7) is 4.00. The Morgan fingerprint density at radius 3 is 1.89 bits per heavy atom. The lowest BCUT2D eigenvalue weighted by molar-refractivity contribution is 0.0524. The first-order valence-electron chi connectivity index (χ1n) is 5.97. The van der Waals surface area contributed by atoms with Crippen molar-refractivity contribution >= 4 is 11.9 Å². The predicted molar refractivity (Wildman–Crippen MR) is 67.0 cm³/mol. The Labute approximate surface area is 111 Å². The number of carbonyl (C=O) groups is 2. The molecule has 0 fully saturated rings. The Hall–Kier alpha value is -1.92. The van der Waals surface area contributed by atoms with Crippen molar-refractivity contribution in [3.8, 4) is 0 Å². The number of carbonyl (C=O) groups excluding carboxylic acids is 2. The molecule has 1 aromatic carbocycles. The largest absolute Gasteiger partial charge is 0.462 e. The molecule has 1 rings (SSSR count). The first-order chi connectivity index (χ1) is 9.12. The summed E-state index contributed by atoms with van der Waals surface area (Å²) in [6.07, 6.45) is 0. The van der Waals surface area contributed by atoms with E-state index in [0.29, 0.717) is 5.56 Å². The van der Waals surface area contributed by atoms with E-state index < -0.39 is 11.9 Å². The first-order valence-corrected chi connectivity index (χ1v) is 5.97. The number of hydroxylamine groups is 1. The molecular weight excluding hydrogens is 250 g/mol. The maximum atomic E-state index is 11.7. The molecule has 19 heavy (non-hydrogen) atoms. The molecule has 0 saturated carbocycles. The molecule has 0 bridgehead atoms. The average Bonchev–Trinajstić information content (AvgIpc) is 2.39. The van der Waals surface area contributed by atoms with Crippen molar-refractivity contribution in [2.24, 2.45) is 0 Å². The van der Waals surface area contributed by atoms with Gasteiger partial charge in [0.25, 0.3) is 0 Å². The van der Waals surface area contributed by atoms with Crippen molar-refractivity contribution in [3.63, 3.8) is 0 Å². The summed E-state index contributed by atoms with van der Waals surface area (Å²) in [5, 5.41) is 8.70. The Morgan fingerprint density at radius 1 is 1.05 bits per heavy atom. The van der Waals surface area contributed by atoms with Crippen LogP contribution in [0, 0.1) is 0 Å². The Bertz CT molecular complexity index is 422. The van der Waals surface area contributed by atoms with Crippen LogP contribution in [0.1, 0.15) is 40.1 Å². The van der Waals surface area contributed by atoms with Gasteiger partial charge < -0.3 is 14.7 Å². The molecule has 0 aliphatic rings. The van der Waals surface area contributed by atoms with E-state index in [2.05, 4.69) is 0 Å². The number of esters is 2. The molecule has 1 aromatic rings. The number of hydrogen-bond acceptors (Lipinski definition) is 6. The molecule has 0 aliphatic heterocycles. The summed E-state index contributed by atoms with van der Waals surface area (Å²) in [5.41, 5.74) is 3.05. The van der Waals surface area contributed by atoms with Gasteiger partial charge in [0.05, 0.1) is 24.3 Å². The molecule has 0 aromatic heterocycles. The van der Waals surface area contributed by atoms with Gasteiger partial charge in [0, 0.05) is 6.54 Å². The SMILES string of the molecule is CCOC(=O)c1cc(CNO)cc(C(=O)OCC)c1. The highest BCUT2D eigenvalue weighted by atomic mass is 16.5. The van der Waals surface area contributed by atoms with Crippen LogP contribution in [0.15, 0.2) is 18.2 Å². The molecule has 0 amide bonds. The van der Waals surface area contributed by atoms with Crippen LogP contribution in [0.3, 0.4) is 0 Å². The Balaban J connectivity index is 3.09. The van der Waals surface area contributed by atoms with Gasteiger partial charge in [0.2, 0.25) is 0 Å². The molecule has 0 heterocycles. The molecule has 0 radical (unpaired) electrons. The van der Waals surface area contributed by atoms with E-state index >= 15 is 0 Å². The summed E-state index contributed by atoms with van der Waals surface area (Å²) in [5.74, 6) is -1.04. The van der Waals surface area contributed by atoms with Crippen LogP contribution in [0.25, 0.3) is 0 Å². The van der Waals surface area contributed by atoms with Gasteiger partial charge >= 0.3 is 11.9 Å². The second-order valence-electron chi connectivity index (χ2n) is 3.69. The average molecular weight is 267 g/mol. The zero-order valence-electron chi connectivity index (χ0n) is 10.9. The molecule has 104 valence electrons. The second-order valence-corrected chi connectivity index (χ2v) is 3.69. The maximum absolute atomic E-state index is 11.7. The van der Waals surface area contributed by atoms with Crippen molar-refractivity contribution < 1.29 is 24.3 Å². The molecule has 6 nitrogen and oxygen atoms in total. The lowest BCUT2D eigenvalue weighted by Crippen LogP contribution is -2.13. The van der Waals surface area contributed by atoms with Crippen LogP contribution >= 0.6 is 0 Å². The van der Waals surface area contributed by atoms with E-state index in [1.165, 1.54) is 6.07 Å². The third kappa shape index (κ3) is 4.35. The predicted octanol–water partition coefficient (Wildman–Crippen LogP) is 1.52. The van der Waals surface area contributed by atoms with Crippen molar-refractivity contribution in [3.05, 3.63) is 34.9 Å². The molecule has 0 unspecified atom stereocenters. The van der Waals surface area contributed by atoms with Crippen molar-refractivity contribution in [2.45, 2.75) is 20.4 Å². The molecule has 0 aliphatic carbocycles. The van der Waals surface area contributed by atoms with E-state index in [-0.39, 0.29) is 30.9 Å². The minimum Gasteiger partial charge on any atom is -0.462 e. The van der Waals surface area contributed by atoms with Crippen LogP contribution in [-0.4, -0.2) is 30.4 Å². The van der Waals surface area contributed by atoms with Crippen LogP contribution < -0.4 is 5.48 Å². The molecule has 6 heteroatoms. The van der Waals surface area contributed by atoms with Crippen molar-refractivity contribution in [1.29, 1.82) is 0 Å². The molecule has 0 saturated heterocycles. The minimum atomic E-state index is -0.521. The highest BCUT2D eigenvalue weighted by Crippen LogP contribution is 2.13. The fraction of sp³-hybridized carbons (Fsp3) is 0.385. The van der Waals surface area contributed by atoms with Gasteiger partial charge in [-0.25, -0.2) is 15.1 Å². The third-order valence-electron chi connectivity index (χ3n) is 2.30. The summed E-state index contributed by atoms with van der Waals surface area (Å²) in [4.78, 5) is 23.4. The zero-order chi connectivity index (χ0) is 14.3. The lowest BCUT2D eigenvalue weighted by Gasteiger charge is -2.08. The van der Waals surface area contributed by atoms with Gasteiger partial charge in [0.1, 0.15) is 0 Å². The number of hydrogen-bond donors (Lipinski definition) is 2. The zero-order valence-corrected chi connectivity index (χ0v) is 10.9. The normalized spacial score (nSPS) is 10.1. The van der Waals surface area contributed by atoms with Crippen LogP contribution in [-0.2, 0) is 16.0 Å². The van der Waals surface area contributed by atoms with Gasteiger partial charge in [-0.2, -0.15) is 0 Å². The Morgan fingerprint density at radius 2 is 1.53 bits per heavy atom. The highest BCUT2D eigenvalue weighted by Gasteiger charge is 2.14. The minimum absolute atomic E-state index is 0.111. The maximum Gasteiger partial charge on any atom is 0.338 e. The molecule has 2 N–H and O–H groups in total. The second kappa shape index (κ2) is 7.50. The van der Waals surface area contributed by atoms with Crippen LogP contribution in [0.5, 0.6) is 0 Å². The third-order valence-corrected chi connectivity index (χ3v) is 2.30. The van der Waals surface area contributed by atoms with E-state index in [4.69, 9.17) is 14.7 Å². The smallest absolute Gasteiger partial charge is 0.338 e. The van der Waals surface area contributed by atoms with Crippen LogP contribution in [0.2, 0.25) is 0 Å². The standard InChI is InChI=1S/C13H17NO5/c1-3-18-12(15)10-5-9(8-14-17)6-11(7-10)13(16)19-4-2/h5-7,14,17H,3-4,8H2,1-2H3. The highest BCUT2D eigenvalue weighted by molar-refractivity contribution is 5.95. The monoisotopic (exact) mass is 267 g/mol. The van der Waals surface area contributed by atoms with Crippen molar-refractivity contribution in [1.82, 2.24) is 5.48 Å². The quantitative estimate of drug-likeness (QED) is 0.600. The van der Waals surface area contributed by atoms with Gasteiger partial charge in [-0.15, -0.1) is 0 Å². The van der Waals surface area contributed by atoms with Crippen LogP contribution in [0.4, 0.5) is 0 Å². The Kier molecular flexibility index (Phi) is 5.98. The number of benzene rings is 1. The lowest BCUT2D eigenvalue weighted by atomic mass is 10.1. The van der Waals surface area contributed by atoms with E-state index in [0.717, 1.165) is 0 Å². The molecule has 0 atom stereocenters. The van der Waals surface area contributed by atoms with E-state index in [1.54, 1.807) is 26.0 Å². The summed E-state index contributed by atoms with van der Waals surface area (Å²) in [6, 6.07) is 4.50. The fourth-order valence-corrected chi connectivity index (χ4v) is 1.55. The molecule has 0 spiro atoms. The summed E-state index contributed by atoms with van der Waals surface area (Å²) < 4.78 is 9.76. The van der Waals surface area contributed by atoms with Gasteiger partial charge in [-0.05, 0) is 37.6 Å². The van der Waals surface area contributed by atoms with Gasteiger partial charge in [0.15, 0.2) is 0 Å². The van der Waals surface area contributed by atoms with E-state index in [1.807, 2.05) is 5.48 Å². The first kappa shape index (κ1) is 15.1. The number of rotatable bonds is 6. The number of nitrogens with one attached hydrogen (secondary N) is 1. The van der Waals surface area contributed by atoms with E-state index in [9.17, 15) is 9.59 Å². The van der Waals surface area contributed by atoms with Gasteiger partial charge in [-0.3, -0.25) is 0 Å². The molecular formula is C13H17NO5. The summed E-state index contributed by atoms with van der Waals surface area (Å²) in [7, 11) is 0. The summed E-state index contributed by atoms with van der Waals surface area (Å²) >= 11 is 0. The topological polar surface area (TPSA) is 84.9 Å². The number of ether oxygens (including phenoxy) is 2. The fourth-order valence-electron chi connectivity index (χ4n) is 1.55. The van der Waals surface area contributed by atoms with Crippen molar-refractivity contribution in [2.75, 3.05) is 13.2 Å². The van der Waals surface area contributed by atoms with Gasteiger partial charge in [-0.1, -0.05) is 0 Å².